The zero-order valence-corrected chi connectivity index (χ0v) is 18.4. The molecule has 0 aliphatic carbocycles. The fourth-order valence-corrected chi connectivity index (χ4v) is 4.69. The molecule has 1 aromatic rings. The first-order chi connectivity index (χ1) is 13.5. The number of hydrogen-bond donors (Lipinski definition) is 1. The van der Waals surface area contributed by atoms with Gasteiger partial charge in [-0.25, -0.2) is 4.39 Å². The number of carbonyl (C=O) groups is 2. The van der Waals surface area contributed by atoms with Gasteiger partial charge < -0.3 is 10.2 Å². The van der Waals surface area contributed by atoms with Crippen LogP contribution in [0.25, 0.3) is 0 Å². The van der Waals surface area contributed by atoms with E-state index in [0.717, 1.165) is 25.7 Å². The molecule has 1 N–H and O–H groups in total. The van der Waals surface area contributed by atoms with Crippen LogP contribution in [0.3, 0.4) is 0 Å². The minimum atomic E-state index is -0.515. The molecule has 0 aromatic heterocycles. The van der Waals surface area contributed by atoms with E-state index >= 15 is 0 Å². The zero-order chi connectivity index (χ0) is 21.3. The summed E-state index contributed by atoms with van der Waals surface area (Å²) in [6, 6.07) is 4.63. The molecule has 1 aromatic carbocycles. The highest BCUT2D eigenvalue weighted by Gasteiger charge is 2.42. The molecule has 0 spiro atoms. The molecular weight excluding hydrogens is 393 g/mol. The van der Waals surface area contributed by atoms with Crippen molar-refractivity contribution in [1.82, 2.24) is 15.1 Å². The Kier molecular flexibility index (Phi) is 6.54. The van der Waals surface area contributed by atoms with Gasteiger partial charge in [-0.05, 0) is 70.6 Å². The van der Waals surface area contributed by atoms with Crippen molar-refractivity contribution in [3.8, 4) is 0 Å². The van der Waals surface area contributed by atoms with Crippen molar-refractivity contribution in [3.05, 3.63) is 34.6 Å². The second-order valence-electron chi connectivity index (χ2n) is 9.39. The molecule has 160 valence electrons. The van der Waals surface area contributed by atoms with Crippen molar-refractivity contribution in [2.45, 2.75) is 64.1 Å². The summed E-state index contributed by atoms with van der Waals surface area (Å²) in [6.45, 7) is 7.15. The van der Waals surface area contributed by atoms with Crippen LogP contribution in [0.2, 0.25) is 5.02 Å². The van der Waals surface area contributed by atoms with Crippen molar-refractivity contribution < 1.29 is 14.0 Å². The second-order valence-corrected chi connectivity index (χ2v) is 9.82. The van der Waals surface area contributed by atoms with Crippen LogP contribution in [0, 0.1) is 11.7 Å². The van der Waals surface area contributed by atoms with Crippen molar-refractivity contribution >= 4 is 23.4 Å². The van der Waals surface area contributed by atoms with E-state index in [4.69, 9.17) is 11.6 Å². The van der Waals surface area contributed by atoms with Crippen molar-refractivity contribution in [1.29, 1.82) is 0 Å². The molecule has 0 saturated carbocycles. The van der Waals surface area contributed by atoms with Crippen molar-refractivity contribution in [3.63, 3.8) is 0 Å². The highest BCUT2D eigenvalue weighted by atomic mass is 35.5. The molecule has 2 heterocycles. The van der Waals surface area contributed by atoms with Gasteiger partial charge in [0.15, 0.2) is 0 Å². The molecule has 29 heavy (non-hydrogen) atoms. The van der Waals surface area contributed by atoms with Gasteiger partial charge >= 0.3 is 0 Å². The number of likely N-dealkylation sites (N-methyl/N-ethyl adjacent to an activating group) is 1. The van der Waals surface area contributed by atoms with E-state index < -0.39 is 5.82 Å². The Morgan fingerprint density at radius 1 is 1.21 bits per heavy atom. The van der Waals surface area contributed by atoms with Crippen LogP contribution in [0.15, 0.2) is 18.2 Å². The number of halogens is 2. The number of nitrogens with one attached hydrogen (secondary N) is 1. The third-order valence-corrected chi connectivity index (χ3v) is 6.57. The Bertz CT molecular complexity index is 746. The third kappa shape index (κ3) is 5.28. The average molecular weight is 424 g/mol. The summed E-state index contributed by atoms with van der Waals surface area (Å²) in [5, 5.41) is 3.14. The van der Waals surface area contributed by atoms with Crippen LogP contribution >= 0.6 is 11.6 Å². The van der Waals surface area contributed by atoms with Crippen molar-refractivity contribution in [2.24, 2.45) is 5.92 Å². The topological polar surface area (TPSA) is 52.7 Å². The molecule has 0 radical (unpaired) electrons. The van der Waals surface area contributed by atoms with E-state index in [-0.39, 0.29) is 27.9 Å². The molecule has 2 saturated heterocycles. The normalized spacial score (nSPS) is 24.4. The predicted molar refractivity (Wildman–Crippen MR) is 113 cm³/mol. The highest BCUT2D eigenvalue weighted by molar-refractivity contribution is 6.31. The molecule has 2 atom stereocenters. The molecule has 2 aliphatic heterocycles. The van der Waals surface area contributed by atoms with Crippen LogP contribution in [0.4, 0.5) is 4.39 Å². The van der Waals surface area contributed by atoms with E-state index in [0.29, 0.717) is 31.1 Å². The summed E-state index contributed by atoms with van der Waals surface area (Å²) in [7, 11) is 1.87. The highest BCUT2D eigenvalue weighted by Crippen LogP contribution is 2.38. The first-order valence-electron chi connectivity index (χ1n) is 10.3. The molecule has 7 heteroatoms. The minimum Gasteiger partial charge on any atom is -0.352 e. The smallest absolute Gasteiger partial charge is 0.251 e. The van der Waals surface area contributed by atoms with Crippen LogP contribution in [-0.4, -0.2) is 59.4 Å². The number of piperidine rings is 1. The summed E-state index contributed by atoms with van der Waals surface area (Å²) in [5.41, 5.74) is 0.0599. The summed E-state index contributed by atoms with van der Waals surface area (Å²) < 4.78 is 13.5. The quantitative estimate of drug-likeness (QED) is 0.785. The Morgan fingerprint density at radius 3 is 2.38 bits per heavy atom. The fraction of sp³-hybridized carbons (Fsp3) is 0.636. The number of amides is 2. The summed E-state index contributed by atoms with van der Waals surface area (Å²) >= 11 is 5.84. The Hall–Kier alpha value is -1.66. The Morgan fingerprint density at radius 2 is 1.83 bits per heavy atom. The standard InChI is InChI=1S/C22H31ClFN3O2/c1-22(2,3)26(4)20(28)13-27-18-5-6-19(27)8-14(7-18)12-25-21(29)15-9-16(23)11-17(24)10-15/h9-11,14,18-19H,5-8,12-13H2,1-4H3,(H,25,29). The Balaban J connectivity index is 1.53. The van der Waals surface area contributed by atoms with E-state index in [1.165, 1.54) is 18.2 Å². The number of hydrogen-bond acceptors (Lipinski definition) is 3. The fourth-order valence-electron chi connectivity index (χ4n) is 4.47. The van der Waals surface area contributed by atoms with Crippen LogP contribution in [0.1, 0.15) is 56.8 Å². The van der Waals surface area contributed by atoms with Crippen LogP contribution < -0.4 is 5.32 Å². The van der Waals surface area contributed by atoms with E-state index in [9.17, 15) is 14.0 Å². The lowest BCUT2D eigenvalue weighted by Crippen LogP contribution is -2.52. The van der Waals surface area contributed by atoms with Crippen LogP contribution in [-0.2, 0) is 4.79 Å². The molecular formula is C22H31ClFN3O2. The monoisotopic (exact) mass is 423 g/mol. The predicted octanol–water partition coefficient (Wildman–Crippen LogP) is 3.71. The first-order valence-corrected chi connectivity index (χ1v) is 10.7. The van der Waals surface area contributed by atoms with E-state index in [1.807, 2.05) is 32.7 Å². The van der Waals surface area contributed by atoms with E-state index in [1.54, 1.807) is 0 Å². The molecule has 2 unspecified atom stereocenters. The maximum absolute atomic E-state index is 13.5. The lowest BCUT2D eigenvalue weighted by atomic mass is 9.90. The number of rotatable bonds is 5. The SMILES string of the molecule is CN(C(=O)CN1C2CCC1CC(CNC(=O)c1cc(F)cc(Cl)c1)C2)C(C)(C)C. The summed E-state index contributed by atoms with van der Waals surface area (Å²) in [4.78, 5) is 29.2. The summed E-state index contributed by atoms with van der Waals surface area (Å²) in [5.74, 6) is -0.293. The van der Waals surface area contributed by atoms with Gasteiger partial charge in [0.25, 0.3) is 5.91 Å². The van der Waals surface area contributed by atoms with E-state index in [2.05, 4.69) is 10.2 Å². The van der Waals surface area contributed by atoms with Crippen molar-refractivity contribution in [2.75, 3.05) is 20.1 Å². The number of nitrogens with zero attached hydrogens (tertiary/aromatic N) is 2. The maximum atomic E-state index is 13.5. The lowest BCUT2D eigenvalue weighted by Gasteiger charge is -2.40. The molecule has 2 fully saturated rings. The lowest BCUT2D eigenvalue weighted by molar-refractivity contribution is -0.136. The van der Waals surface area contributed by atoms with Gasteiger partial charge in [-0.1, -0.05) is 11.6 Å². The van der Waals surface area contributed by atoms with Gasteiger partial charge in [0.2, 0.25) is 5.91 Å². The van der Waals surface area contributed by atoms with Gasteiger partial charge in [0.1, 0.15) is 5.82 Å². The largest absolute Gasteiger partial charge is 0.352 e. The van der Waals surface area contributed by atoms with Crippen LogP contribution in [0.5, 0.6) is 0 Å². The summed E-state index contributed by atoms with van der Waals surface area (Å²) in [6.07, 6.45) is 4.13. The van der Waals surface area contributed by atoms with Gasteiger partial charge in [0, 0.05) is 41.8 Å². The molecule has 5 nitrogen and oxygen atoms in total. The van der Waals surface area contributed by atoms with Gasteiger partial charge in [-0.15, -0.1) is 0 Å². The molecule has 2 aliphatic rings. The minimum absolute atomic E-state index is 0.157. The number of carbonyl (C=O) groups excluding carboxylic acids is 2. The molecule has 2 amide bonds. The Labute approximate surface area is 177 Å². The third-order valence-electron chi connectivity index (χ3n) is 6.36. The number of fused-ring (bicyclic) bond motifs is 2. The first kappa shape index (κ1) is 22.0. The van der Waals surface area contributed by atoms with Gasteiger partial charge in [-0.2, -0.15) is 0 Å². The number of benzene rings is 1. The second kappa shape index (κ2) is 8.60. The maximum Gasteiger partial charge on any atom is 0.251 e. The van der Waals surface area contributed by atoms with Gasteiger partial charge in [0.05, 0.1) is 6.54 Å². The zero-order valence-electron chi connectivity index (χ0n) is 17.7. The van der Waals surface area contributed by atoms with Gasteiger partial charge in [-0.3, -0.25) is 14.5 Å². The molecule has 2 bridgehead atoms. The molecule has 3 rings (SSSR count). The average Bonchev–Trinajstić information content (AvgIpc) is 2.86.